The number of carbonyl (C=O) groups is 1. The van der Waals surface area contributed by atoms with Gasteiger partial charge in [0.25, 0.3) is 5.91 Å². The summed E-state index contributed by atoms with van der Waals surface area (Å²) >= 11 is -0.213. The third kappa shape index (κ3) is 4.78. The summed E-state index contributed by atoms with van der Waals surface area (Å²) in [6, 6.07) is 8.59. The minimum Gasteiger partial charge on any atom is -0.322 e. The number of aromatic nitrogens is 1. The molecule has 110 valence electrons. The lowest BCUT2D eigenvalue weighted by Crippen LogP contribution is -2.12. The molecule has 0 bridgehead atoms. The van der Waals surface area contributed by atoms with Crippen LogP contribution in [0.15, 0.2) is 47.5 Å². The Morgan fingerprint density at radius 1 is 1.19 bits per heavy atom. The predicted molar refractivity (Wildman–Crippen MR) is 75.3 cm³/mol. The van der Waals surface area contributed by atoms with Crippen molar-refractivity contribution >= 4 is 23.4 Å². The Labute approximate surface area is 123 Å². The summed E-state index contributed by atoms with van der Waals surface area (Å²) in [5.74, 6) is -0.385. The molecule has 0 aliphatic heterocycles. The van der Waals surface area contributed by atoms with Gasteiger partial charge in [-0.1, -0.05) is 0 Å². The molecule has 0 unspecified atom stereocenters. The van der Waals surface area contributed by atoms with Gasteiger partial charge in [0.15, 0.2) is 0 Å². The van der Waals surface area contributed by atoms with Gasteiger partial charge in [-0.15, -0.1) is 0 Å². The van der Waals surface area contributed by atoms with Gasteiger partial charge >= 0.3 is 5.51 Å². The van der Waals surface area contributed by atoms with Crippen LogP contribution < -0.4 is 5.32 Å². The van der Waals surface area contributed by atoms with E-state index in [2.05, 4.69) is 10.3 Å². The minimum atomic E-state index is -4.33. The average Bonchev–Trinajstić information content (AvgIpc) is 2.37. The van der Waals surface area contributed by atoms with E-state index in [0.717, 1.165) is 5.69 Å². The molecule has 0 radical (unpaired) electrons. The number of nitrogens with zero attached hydrogens (tertiary/aromatic N) is 1. The second kappa shape index (κ2) is 6.17. The van der Waals surface area contributed by atoms with Crippen molar-refractivity contribution in [2.75, 3.05) is 5.32 Å². The molecule has 1 aromatic heterocycles. The third-order valence-electron chi connectivity index (χ3n) is 2.50. The van der Waals surface area contributed by atoms with Gasteiger partial charge < -0.3 is 5.32 Å². The molecule has 1 N–H and O–H groups in total. The van der Waals surface area contributed by atoms with Crippen LogP contribution in [-0.2, 0) is 0 Å². The zero-order chi connectivity index (χ0) is 15.5. The predicted octanol–water partition coefficient (Wildman–Crippen LogP) is 4.25. The van der Waals surface area contributed by atoms with E-state index in [4.69, 9.17) is 0 Å². The zero-order valence-electron chi connectivity index (χ0n) is 10.9. The van der Waals surface area contributed by atoms with E-state index < -0.39 is 5.51 Å². The summed E-state index contributed by atoms with van der Waals surface area (Å²) in [4.78, 5) is 16.0. The van der Waals surface area contributed by atoms with Crippen LogP contribution >= 0.6 is 11.8 Å². The number of hydrogen-bond donors (Lipinski definition) is 1. The van der Waals surface area contributed by atoms with E-state index in [1.807, 2.05) is 0 Å². The van der Waals surface area contributed by atoms with Crippen LogP contribution in [0.1, 0.15) is 16.1 Å². The number of aryl methyl sites for hydroxylation is 1. The molecule has 2 aromatic rings. The smallest absolute Gasteiger partial charge is 0.322 e. The number of amides is 1. The first kappa shape index (κ1) is 15.4. The summed E-state index contributed by atoms with van der Waals surface area (Å²) in [7, 11) is 0. The van der Waals surface area contributed by atoms with E-state index in [9.17, 15) is 18.0 Å². The first-order valence-corrected chi connectivity index (χ1v) is 6.75. The van der Waals surface area contributed by atoms with E-state index in [-0.39, 0.29) is 28.1 Å². The Morgan fingerprint density at radius 3 is 2.43 bits per heavy atom. The number of hydrogen-bond acceptors (Lipinski definition) is 3. The molecule has 0 aliphatic carbocycles. The van der Waals surface area contributed by atoms with Crippen LogP contribution in [0.3, 0.4) is 0 Å². The Morgan fingerprint density at radius 2 is 1.86 bits per heavy atom. The lowest BCUT2D eigenvalue weighted by atomic mass is 10.2. The first-order valence-electron chi connectivity index (χ1n) is 5.93. The van der Waals surface area contributed by atoms with Crippen molar-refractivity contribution in [3.63, 3.8) is 0 Å². The van der Waals surface area contributed by atoms with Gasteiger partial charge in [-0.2, -0.15) is 13.2 Å². The molecule has 0 saturated carbocycles. The lowest BCUT2D eigenvalue weighted by Gasteiger charge is -2.08. The normalized spacial score (nSPS) is 11.2. The molecule has 0 spiro atoms. The van der Waals surface area contributed by atoms with Gasteiger partial charge in [-0.05, 0) is 55.1 Å². The standard InChI is InChI=1S/C14H11F3N2OS/c1-9-8-11(6-7-18-9)19-13(20)10-2-4-12(5-3-10)21-14(15,16)17/h2-8H,1H3,(H,18,19,20). The SMILES string of the molecule is Cc1cc(NC(=O)c2ccc(SC(F)(F)F)cc2)ccn1. The molecule has 7 heteroatoms. The van der Waals surface area contributed by atoms with Crippen LogP contribution in [-0.4, -0.2) is 16.4 Å². The fraction of sp³-hybridized carbons (Fsp3) is 0.143. The molecule has 1 amide bonds. The molecule has 0 aliphatic rings. The van der Waals surface area contributed by atoms with Gasteiger partial charge in [0.05, 0.1) is 0 Å². The van der Waals surface area contributed by atoms with E-state index >= 15 is 0 Å². The Balaban J connectivity index is 2.06. The molecule has 21 heavy (non-hydrogen) atoms. The maximum Gasteiger partial charge on any atom is 0.446 e. The Hall–Kier alpha value is -2.02. The number of rotatable bonds is 3. The minimum absolute atomic E-state index is 0.0406. The van der Waals surface area contributed by atoms with Gasteiger partial charge in [0, 0.05) is 28.0 Å². The zero-order valence-corrected chi connectivity index (χ0v) is 11.8. The van der Waals surface area contributed by atoms with Crippen LogP contribution in [0.5, 0.6) is 0 Å². The number of halogens is 3. The number of alkyl halides is 3. The second-order valence-electron chi connectivity index (χ2n) is 4.21. The van der Waals surface area contributed by atoms with Gasteiger partial charge in [-0.3, -0.25) is 9.78 Å². The highest BCUT2D eigenvalue weighted by molar-refractivity contribution is 8.00. The highest BCUT2D eigenvalue weighted by Gasteiger charge is 2.29. The molecule has 1 heterocycles. The van der Waals surface area contributed by atoms with E-state index in [1.54, 1.807) is 25.3 Å². The van der Waals surface area contributed by atoms with Crippen molar-refractivity contribution in [1.82, 2.24) is 4.98 Å². The summed E-state index contributed by atoms with van der Waals surface area (Å²) in [6.45, 7) is 1.79. The summed E-state index contributed by atoms with van der Waals surface area (Å²) in [5.41, 5.74) is -2.71. The Kier molecular flexibility index (Phi) is 4.52. The van der Waals surface area contributed by atoms with Crippen molar-refractivity contribution < 1.29 is 18.0 Å². The van der Waals surface area contributed by atoms with E-state index in [1.165, 1.54) is 24.3 Å². The Bertz CT molecular complexity index is 641. The highest BCUT2D eigenvalue weighted by atomic mass is 32.2. The number of pyridine rings is 1. The largest absolute Gasteiger partial charge is 0.446 e. The maximum atomic E-state index is 12.2. The number of anilines is 1. The summed E-state index contributed by atoms with van der Waals surface area (Å²) in [5, 5.41) is 2.66. The number of nitrogens with one attached hydrogen (secondary N) is 1. The van der Waals surface area contributed by atoms with Crippen molar-refractivity contribution in [3.05, 3.63) is 53.9 Å². The monoisotopic (exact) mass is 312 g/mol. The topological polar surface area (TPSA) is 42.0 Å². The van der Waals surface area contributed by atoms with Crippen LogP contribution in [0, 0.1) is 6.92 Å². The highest BCUT2D eigenvalue weighted by Crippen LogP contribution is 2.36. The van der Waals surface area contributed by atoms with Crippen LogP contribution in [0.4, 0.5) is 18.9 Å². The average molecular weight is 312 g/mol. The van der Waals surface area contributed by atoms with E-state index in [0.29, 0.717) is 5.69 Å². The van der Waals surface area contributed by atoms with Gasteiger partial charge in [-0.25, -0.2) is 0 Å². The fourth-order valence-corrected chi connectivity index (χ4v) is 2.17. The molecule has 1 aromatic carbocycles. The maximum absolute atomic E-state index is 12.2. The second-order valence-corrected chi connectivity index (χ2v) is 5.35. The lowest BCUT2D eigenvalue weighted by molar-refractivity contribution is -0.0328. The van der Waals surface area contributed by atoms with Crippen molar-refractivity contribution in [2.24, 2.45) is 0 Å². The molecule has 0 atom stereocenters. The van der Waals surface area contributed by atoms with Gasteiger partial charge in [0.1, 0.15) is 0 Å². The van der Waals surface area contributed by atoms with Crippen molar-refractivity contribution in [2.45, 2.75) is 17.3 Å². The van der Waals surface area contributed by atoms with Crippen LogP contribution in [0.25, 0.3) is 0 Å². The van der Waals surface area contributed by atoms with Gasteiger partial charge in [0.2, 0.25) is 0 Å². The van der Waals surface area contributed by atoms with Crippen molar-refractivity contribution in [1.29, 1.82) is 0 Å². The quantitative estimate of drug-likeness (QED) is 0.861. The molecule has 0 fully saturated rings. The molecule has 2 rings (SSSR count). The van der Waals surface area contributed by atoms with Crippen molar-refractivity contribution in [3.8, 4) is 0 Å². The number of thioether (sulfide) groups is 1. The molecule has 0 saturated heterocycles. The van der Waals surface area contributed by atoms with Crippen LogP contribution in [0.2, 0.25) is 0 Å². The third-order valence-corrected chi connectivity index (χ3v) is 3.24. The number of benzene rings is 1. The fourth-order valence-electron chi connectivity index (χ4n) is 1.63. The first-order chi connectivity index (χ1) is 9.83. The summed E-state index contributed by atoms with van der Waals surface area (Å²) < 4.78 is 36.6. The molecular weight excluding hydrogens is 301 g/mol. The number of carbonyl (C=O) groups excluding carboxylic acids is 1. The summed E-state index contributed by atoms with van der Waals surface area (Å²) in [6.07, 6.45) is 1.56. The molecule has 3 nitrogen and oxygen atoms in total. The molecular formula is C14H11F3N2OS.